The molecule has 0 atom stereocenters. The number of hydrogen-bond donors (Lipinski definition) is 2. The second-order valence-electron chi connectivity index (χ2n) is 4.06. The number of anilines is 1. The van der Waals surface area contributed by atoms with E-state index in [4.69, 9.17) is 0 Å². The van der Waals surface area contributed by atoms with E-state index in [0.717, 1.165) is 0 Å². The predicted octanol–water partition coefficient (Wildman–Crippen LogP) is 1.46. The lowest BCUT2D eigenvalue weighted by Crippen LogP contribution is -2.28. The summed E-state index contributed by atoms with van der Waals surface area (Å²) in [5, 5.41) is 5.77. The highest BCUT2D eigenvalue weighted by atomic mass is 16.1. The van der Waals surface area contributed by atoms with Crippen LogP contribution in [0, 0.1) is 5.92 Å². The lowest BCUT2D eigenvalue weighted by Gasteiger charge is -2.07. The van der Waals surface area contributed by atoms with Gasteiger partial charge in [-0.05, 0) is 5.92 Å². The number of aromatic nitrogens is 2. The maximum Gasteiger partial charge on any atom is 0.271 e. The molecule has 0 saturated carbocycles. The van der Waals surface area contributed by atoms with Crippen LogP contribution in [0.3, 0.4) is 0 Å². The Labute approximate surface area is 101 Å². The Balaban J connectivity index is 2.54. The number of carbonyl (C=O) groups excluding carboxylic acids is 1. The summed E-state index contributed by atoms with van der Waals surface area (Å²) in [5.74, 6) is 0.854. The molecule has 0 saturated heterocycles. The summed E-state index contributed by atoms with van der Waals surface area (Å²) in [7, 11) is 0. The lowest BCUT2D eigenvalue weighted by atomic mass is 10.2. The third-order valence-electron chi connectivity index (χ3n) is 1.98. The van der Waals surface area contributed by atoms with E-state index in [1.54, 1.807) is 6.08 Å². The number of amides is 1. The topological polar surface area (TPSA) is 66.9 Å². The van der Waals surface area contributed by atoms with Crippen LogP contribution in [-0.4, -0.2) is 29.0 Å². The van der Waals surface area contributed by atoms with E-state index in [1.165, 1.54) is 12.4 Å². The molecule has 5 nitrogen and oxygen atoms in total. The van der Waals surface area contributed by atoms with Gasteiger partial charge in [-0.3, -0.25) is 4.79 Å². The Morgan fingerprint density at radius 2 is 2.24 bits per heavy atom. The fourth-order valence-corrected chi connectivity index (χ4v) is 1.10. The van der Waals surface area contributed by atoms with Gasteiger partial charge in [0.15, 0.2) is 0 Å². The Morgan fingerprint density at radius 1 is 1.47 bits per heavy atom. The smallest absolute Gasteiger partial charge is 0.271 e. The molecule has 0 fully saturated rings. The molecule has 1 rings (SSSR count). The largest absolute Gasteiger partial charge is 0.365 e. The first-order valence-corrected chi connectivity index (χ1v) is 5.58. The Kier molecular flexibility index (Phi) is 5.13. The summed E-state index contributed by atoms with van der Waals surface area (Å²) in [6.07, 6.45) is 4.72. The Morgan fingerprint density at radius 3 is 2.76 bits per heavy atom. The molecule has 0 aliphatic heterocycles. The number of hydrogen-bond acceptors (Lipinski definition) is 4. The zero-order chi connectivity index (χ0) is 12.7. The van der Waals surface area contributed by atoms with Gasteiger partial charge in [-0.25, -0.2) is 9.97 Å². The van der Waals surface area contributed by atoms with Crippen molar-refractivity contribution in [3.63, 3.8) is 0 Å². The molecule has 0 aromatic carbocycles. The first-order valence-electron chi connectivity index (χ1n) is 5.58. The third-order valence-corrected chi connectivity index (χ3v) is 1.98. The molecule has 0 spiro atoms. The van der Waals surface area contributed by atoms with Crippen molar-refractivity contribution in [2.45, 2.75) is 13.8 Å². The van der Waals surface area contributed by atoms with Gasteiger partial charge in [-0.1, -0.05) is 19.9 Å². The number of rotatable bonds is 6. The SMILES string of the molecule is C=CCNc1cnc(C(=O)NCC(C)C)cn1. The average molecular weight is 234 g/mol. The van der Waals surface area contributed by atoms with E-state index in [-0.39, 0.29) is 5.91 Å². The van der Waals surface area contributed by atoms with Gasteiger partial charge in [0.2, 0.25) is 0 Å². The number of carbonyl (C=O) groups is 1. The third kappa shape index (κ3) is 4.63. The highest BCUT2D eigenvalue weighted by Gasteiger charge is 2.07. The van der Waals surface area contributed by atoms with E-state index in [2.05, 4.69) is 27.2 Å². The van der Waals surface area contributed by atoms with E-state index in [0.29, 0.717) is 30.5 Å². The average Bonchev–Trinajstić information content (AvgIpc) is 2.34. The zero-order valence-corrected chi connectivity index (χ0v) is 10.2. The van der Waals surface area contributed by atoms with Crippen LogP contribution in [0.4, 0.5) is 5.82 Å². The van der Waals surface area contributed by atoms with Crippen molar-refractivity contribution in [2.75, 3.05) is 18.4 Å². The van der Waals surface area contributed by atoms with Gasteiger partial charge in [0.25, 0.3) is 5.91 Å². The maximum atomic E-state index is 11.6. The summed E-state index contributed by atoms with van der Waals surface area (Å²) in [4.78, 5) is 19.7. The summed E-state index contributed by atoms with van der Waals surface area (Å²) in [5.41, 5.74) is 0.329. The van der Waals surface area contributed by atoms with Crippen LogP contribution in [0.2, 0.25) is 0 Å². The molecule has 0 aliphatic rings. The van der Waals surface area contributed by atoms with Crippen molar-refractivity contribution in [3.8, 4) is 0 Å². The summed E-state index contributed by atoms with van der Waals surface area (Å²) >= 11 is 0. The molecule has 5 heteroatoms. The maximum absolute atomic E-state index is 11.6. The molecule has 1 heterocycles. The minimum atomic E-state index is -0.193. The summed E-state index contributed by atoms with van der Waals surface area (Å²) in [6.45, 7) is 8.91. The second-order valence-corrected chi connectivity index (χ2v) is 4.06. The quantitative estimate of drug-likeness (QED) is 0.731. The van der Waals surface area contributed by atoms with Crippen LogP contribution >= 0.6 is 0 Å². The monoisotopic (exact) mass is 234 g/mol. The molecular formula is C12H18N4O. The zero-order valence-electron chi connectivity index (χ0n) is 10.2. The van der Waals surface area contributed by atoms with Crippen molar-refractivity contribution in [2.24, 2.45) is 5.92 Å². The van der Waals surface area contributed by atoms with Crippen LogP contribution in [0.5, 0.6) is 0 Å². The van der Waals surface area contributed by atoms with Gasteiger partial charge in [-0.15, -0.1) is 6.58 Å². The molecule has 17 heavy (non-hydrogen) atoms. The molecule has 2 N–H and O–H groups in total. The number of nitrogens with zero attached hydrogens (tertiary/aromatic N) is 2. The first-order chi connectivity index (χ1) is 8.13. The van der Waals surface area contributed by atoms with Crippen molar-refractivity contribution >= 4 is 11.7 Å². The van der Waals surface area contributed by atoms with Gasteiger partial charge in [-0.2, -0.15) is 0 Å². The molecule has 0 radical (unpaired) electrons. The van der Waals surface area contributed by atoms with E-state index >= 15 is 0 Å². The minimum Gasteiger partial charge on any atom is -0.365 e. The van der Waals surface area contributed by atoms with Gasteiger partial charge < -0.3 is 10.6 Å². The number of nitrogens with one attached hydrogen (secondary N) is 2. The van der Waals surface area contributed by atoms with E-state index < -0.39 is 0 Å². The van der Waals surface area contributed by atoms with Gasteiger partial charge in [0.05, 0.1) is 12.4 Å². The second kappa shape index (κ2) is 6.62. The first kappa shape index (κ1) is 13.2. The van der Waals surface area contributed by atoms with Crippen molar-refractivity contribution in [1.82, 2.24) is 15.3 Å². The van der Waals surface area contributed by atoms with Crippen LogP contribution in [-0.2, 0) is 0 Å². The van der Waals surface area contributed by atoms with Gasteiger partial charge in [0.1, 0.15) is 11.5 Å². The van der Waals surface area contributed by atoms with Crippen LogP contribution in [0.1, 0.15) is 24.3 Å². The molecule has 1 aromatic rings. The fraction of sp³-hybridized carbons (Fsp3) is 0.417. The standard InChI is InChI=1S/C12H18N4O/c1-4-5-13-11-8-14-10(7-15-11)12(17)16-6-9(2)3/h4,7-9H,1,5-6H2,2-3H3,(H,13,15)(H,16,17). The minimum absolute atomic E-state index is 0.193. The predicted molar refractivity (Wildman–Crippen MR) is 67.9 cm³/mol. The van der Waals surface area contributed by atoms with E-state index in [1.807, 2.05) is 13.8 Å². The molecule has 92 valence electrons. The lowest BCUT2D eigenvalue weighted by molar-refractivity contribution is 0.0943. The molecule has 0 bridgehead atoms. The molecule has 1 amide bonds. The van der Waals surface area contributed by atoms with Crippen molar-refractivity contribution < 1.29 is 4.79 Å². The highest BCUT2D eigenvalue weighted by Crippen LogP contribution is 2.01. The van der Waals surface area contributed by atoms with Gasteiger partial charge in [0, 0.05) is 13.1 Å². The highest BCUT2D eigenvalue weighted by molar-refractivity contribution is 5.91. The summed E-state index contributed by atoms with van der Waals surface area (Å²) in [6, 6.07) is 0. The van der Waals surface area contributed by atoms with Crippen molar-refractivity contribution in [3.05, 3.63) is 30.7 Å². The molecule has 0 unspecified atom stereocenters. The summed E-state index contributed by atoms with van der Waals surface area (Å²) < 4.78 is 0. The van der Waals surface area contributed by atoms with Gasteiger partial charge >= 0.3 is 0 Å². The Hall–Kier alpha value is -1.91. The molecular weight excluding hydrogens is 216 g/mol. The van der Waals surface area contributed by atoms with E-state index in [9.17, 15) is 4.79 Å². The molecule has 1 aromatic heterocycles. The normalized spacial score (nSPS) is 10.1. The van der Waals surface area contributed by atoms with Crippen molar-refractivity contribution in [1.29, 1.82) is 0 Å². The Bertz CT molecular complexity index is 373. The fourth-order valence-electron chi connectivity index (χ4n) is 1.10. The van der Waals surface area contributed by atoms with Crippen LogP contribution in [0.25, 0.3) is 0 Å². The van der Waals surface area contributed by atoms with Crippen LogP contribution < -0.4 is 10.6 Å². The van der Waals surface area contributed by atoms with Crippen LogP contribution in [0.15, 0.2) is 25.0 Å². The molecule has 0 aliphatic carbocycles.